The largest absolute Gasteiger partial charge is 0.256 e. The van der Waals surface area contributed by atoms with Crippen LogP contribution in [0.4, 0.5) is 0 Å². The maximum Gasteiger partial charge on any atom is 0.160 e. The number of aromatic nitrogens is 6. The van der Waals surface area contributed by atoms with E-state index < -0.39 is 0 Å². The minimum absolute atomic E-state index is 0.0375. The van der Waals surface area contributed by atoms with Crippen LogP contribution in [0.5, 0.6) is 0 Å². The lowest BCUT2D eigenvalue weighted by Gasteiger charge is -2.30. The van der Waals surface area contributed by atoms with Gasteiger partial charge in [-0.1, -0.05) is 378 Å². The van der Waals surface area contributed by atoms with Gasteiger partial charge in [0.1, 0.15) is 0 Å². The summed E-state index contributed by atoms with van der Waals surface area (Å²) in [4.78, 5) is 29.8. The minimum Gasteiger partial charge on any atom is -0.256 e. The number of benzene rings is 16. The first-order valence-corrected chi connectivity index (χ1v) is 42.4. The Kier molecular flexibility index (Phi) is 18.7. The molecule has 0 bridgehead atoms. The van der Waals surface area contributed by atoms with Gasteiger partial charge in [0.25, 0.3) is 0 Å². The molecule has 0 amide bonds. The van der Waals surface area contributed by atoms with Crippen LogP contribution in [0.25, 0.3) is 190 Å². The standard InChI is InChI=1S/C64H41N3.C54H39N3/c1-2-16-44(17-3-1)63-66-60(43-35-33-42(34-36-43)59-32-10-11-37-65-59)41-61(67-63)50-23-14-21-48(40-50)46-19-12-18-45(38-46)47-20-13-22-49(39-47)51-27-15-31-58-62(51)54-26-6-9-30-57(54)64(58)55-28-7-4-24-52(55)53-25-5-8-29-56(53)64;1-54(2)47-27-10-9-25-46(47)52-45(26-14-28-48(52)54)42-23-12-21-40(32-42)38-19-11-20-39(31-38)41-22-13-24-43(33-41)50-34-51(57-53(56-50)37-17-7-4-8-18-37)44-29-30-49(55-35-44)36-15-5-3-6-16-36/h1-41H;3-35H,1-2H3. The molecule has 582 valence electrons. The first-order valence-electron chi connectivity index (χ1n) is 42.4. The fraction of sp³-hybridized carbons (Fsp3) is 0.0339. The van der Waals surface area contributed by atoms with Crippen LogP contribution in [-0.4, -0.2) is 29.9 Å². The van der Waals surface area contributed by atoms with Gasteiger partial charge in [0, 0.05) is 62.3 Å². The molecule has 124 heavy (non-hydrogen) atoms. The van der Waals surface area contributed by atoms with Gasteiger partial charge in [-0.2, -0.15) is 0 Å². The smallest absolute Gasteiger partial charge is 0.160 e. The van der Waals surface area contributed by atoms with Crippen LogP contribution >= 0.6 is 0 Å². The lowest BCUT2D eigenvalue weighted by atomic mass is 9.70. The summed E-state index contributed by atoms with van der Waals surface area (Å²) in [6.45, 7) is 4.68. The third kappa shape index (κ3) is 13.3. The van der Waals surface area contributed by atoms with Crippen LogP contribution in [-0.2, 0) is 10.8 Å². The predicted molar refractivity (Wildman–Crippen MR) is 510 cm³/mol. The highest BCUT2D eigenvalue weighted by Crippen LogP contribution is 2.64. The second-order valence-electron chi connectivity index (χ2n) is 32.7. The molecular weight excluding hydrogens is 1500 g/mol. The van der Waals surface area contributed by atoms with Crippen molar-refractivity contribution in [1.82, 2.24) is 29.9 Å². The van der Waals surface area contributed by atoms with Gasteiger partial charge in [0.15, 0.2) is 11.6 Å². The molecule has 23 rings (SSSR count). The summed E-state index contributed by atoms with van der Waals surface area (Å²) in [7, 11) is 0. The van der Waals surface area contributed by atoms with Crippen LogP contribution in [0.3, 0.4) is 0 Å². The van der Waals surface area contributed by atoms with Crippen molar-refractivity contribution in [3.05, 3.63) is 483 Å². The summed E-state index contributed by atoms with van der Waals surface area (Å²) in [5, 5.41) is 0. The van der Waals surface area contributed by atoms with Crippen LogP contribution in [0.15, 0.2) is 449 Å². The summed E-state index contributed by atoms with van der Waals surface area (Å²) < 4.78 is 0. The zero-order chi connectivity index (χ0) is 82.7. The van der Waals surface area contributed by atoms with Crippen molar-refractivity contribution in [3.8, 4) is 190 Å². The van der Waals surface area contributed by atoms with Crippen LogP contribution in [0.1, 0.15) is 47.2 Å². The SMILES string of the molecule is CC1(C)c2ccccc2-c2c(-c3cccc(-c4cccc(-c5cccc(-c6cc(-c7ccc(-c8ccccc8)nc7)nc(-c7ccccc7)n6)c5)c4)c3)cccc21.c1ccc(-c2nc(-c3ccc(-c4ccccn4)cc3)cc(-c3cccc(-c4cccc(-c5cccc(-c6cccc7c6-c6ccccc6C76c7ccccc7-c7ccccc76)c5)c4)c3)n2)cc1. The minimum atomic E-state index is -0.377. The fourth-order valence-electron chi connectivity index (χ4n) is 19.2. The molecule has 0 N–H and O–H groups in total. The molecule has 0 unspecified atom stereocenters. The third-order valence-electron chi connectivity index (χ3n) is 25.1. The normalized spacial score (nSPS) is 12.6. The lowest BCUT2D eigenvalue weighted by Crippen LogP contribution is -2.25. The molecule has 6 heteroatoms. The van der Waals surface area contributed by atoms with Gasteiger partial charge in [-0.25, -0.2) is 19.9 Å². The number of rotatable bonds is 14. The average molecular weight is 1580 g/mol. The fourth-order valence-corrected chi connectivity index (χ4v) is 19.2. The number of nitrogens with zero attached hydrogens (tertiary/aromatic N) is 6. The molecule has 6 nitrogen and oxygen atoms in total. The van der Waals surface area contributed by atoms with Crippen molar-refractivity contribution < 1.29 is 0 Å². The number of pyridine rings is 2. The quantitative estimate of drug-likeness (QED) is 0.108. The van der Waals surface area contributed by atoms with Crippen molar-refractivity contribution in [1.29, 1.82) is 0 Å². The van der Waals surface area contributed by atoms with E-state index in [-0.39, 0.29) is 10.8 Å². The molecule has 3 aliphatic rings. The molecule has 1 spiro atoms. The highest BCUT2D eigenvalue weighted by Gasteiger charge is 2.52. The lowest BCUT2D eigenvalue weighted by molar-refractivity contribution is 0.660. The Hall–Kier alpha value is -16.0. The molecular formula is C118H80N6. The predicted octanol–water partition coefficient (Wildman–Crippen LogP) is 29.7. The Morgan fingerprint density at radius 2 is 0.460 bits per heavy atom. The van der Waals surface area contributed by atoms with E-state index in [1.165, 1.54) is 106 Å². The summed E-state index contributed by atoms with van der Waals surface area (Å²) in [5.41, 5.74) is 43.3. The molecule has 0 aliphatic heterocycles. The van der Waals surface area contributed by atoms with Crippen molar-refractivity contribution in [2.45, 2.75) is 24.7 Å². The molecule has 0 saturated heterocycles. The van der Waals surface area contributed by atoms with Crippen LogP contribution in [0.2, 0.25) is 0 Å². The second kappa shape index (κ2) is 31.3. The van der Waals surface area contributed by atoms with Gasteiger partial charge >= 0.3 is 0 Å². The van der Waals surface area contributed by atoms with E-state index in [0.717, 1.165) is 106 Å². The maximum absolute atomic E-state index is 5.17. The second-order valence-corrected chi connectivity index (χ2v) is 32.7. The highest BCUT2D eigenvalue weighted by atomic mass is 14.9. The van der Waals surface area contributed by atoms with Gasteiger partial charge in [-0.05, 0) is 206 Å². The average Bonchev–Trinajstić information content (AvgIpc) is 1.50. The summed E-state index contributed by atoms with van der Waals surface area (Å²) in [5.74, 6) is 1.37. The molecule has 3 aliphatic carbocycles. The molecule has 0 fully saturated rings. The van der Waals surface area contributed by atoms with Crippen molar-refractivity contribution in [2.24, 2.45) is 0 Å². The summed E-state index contributed by atoms with van der Waals surface area (Å²) in [6, 6.07) is 156. The first kappa shape index (κ1) is 74.3. The molecule has 16 aromatic carbocycles. The zero-order valence-electron chi connectivity index (χ0n) is 68.4. The van der Waals surface area contributed by atoms with Gasteiger partial charge in [-0.3, -0.25) is 9.97 Å². The van der Waals surface area contributed by atoms with E-state index >= 15 is 0 Å². The van der Waals surface area contributed by atoms with Gasteiger partial charge in [0.2, 0.25) is 0 Å². The van der Waals surface area contributed by atoms with Gasteiger partial charge < -0.3 is 0 Å². The zero-order valence-corrected chi connectivity index (χ0v) is 68.4. The molecule has 20 aromatic rings. The Morgan fingerprint density at radius 3 is 0.911 bits per heavy atom. The third-order valence-corrected chi connectivity index (χ3v) is 25.1. The molecule has 0 radical (unpaired) electrons. The Balaban J connectivity index is 0.000000149. The molecule has 0 saturated carbocycles. The monoisotopic (exact) mass is 1580 g/mol. The maximum atomic E-state index is 5.17. The van der Waals surface area contributed by atoms with Crippen LogP contribution < -0.4 is 0 Å². The number of fused-ring (bicyclic) bond motifs is 13. The Bertz CT molecular complexity index is 7440. The highest BCUT2D eigenvalue weighted by molar-refractivity contribution is 6.01. The van der Waals surface area contributed by atoms with Crippen LogP contribution in [0, 0.1) is 0 Å². The van der Waals surface area contributed by atoms with E-state index in [1.54, 1.807) is 0 Å². The van der Waals surface area contributed by atoms with E-state index in [9.17, 15) is 0 Å². The van der Waals surface area contributed by atoms with Gasteiger partial charge in [-0.15, -0.1) is 0 Å². The van der Waals surface area contributed by atoms with Crippen molar-refractivity contribution in [3.63, 3.8) is 0 Å². The first-order chi connectivity index (χ1) is 61.2. The molecule has 0 atom stereocenters. The van der Waals surface area contributed by atoms with Crippen molar-refractivity contribution in [2.75, 3.05) is 0 Å². The number of hydrogen-bond acceptors (Lipinski definition) is 6. The summed E-state index contributed by atoms with van der Waals surface area (Å²) in [6.07, 6.45) is 3.73. The van der Waals surface area contributed by atoms with Crippen molar-refractivity contribution >= 4 is 0 Å². The van der Waals surface area contributed by atoms with E-state index in [1.807, 2.05) is 85.2 Å². The van der Waals surface area contributed by atoms with E-state index in [2.05, 4.69) is 383 Å². The molecule has 4 aromatic heterocycles. The summed E-state index contributed by atoms with van der Waals surface area (Å²) >= 11 is 0. The topological polar surface area (TPSA) is 77.3 Å². The Morgan fingerprint density at radius 1 is 0.169 bits per heavy atom. The number of hydrogen-bond donors (Lipinski definition) is 0. The van der Waals surface area contributed by atoms with E-state index in [4.69, 9.17) is 24.9 Å². The van der Waals surface area contributed by atoms with E-state index in [0.29, 0.717) is 11.6 Å². The van der Waals surface area contributed by atoms with Gasteiger partial charge in [0.05, 0.1) is 39.6 Å². The Labute approximate surface area is 722 Å². The molecule has 4 heterocycles.